The summed E-state index contributed by atoms with van der Waals surface area (Å²) in [6, 6.07) is 5.26. The quantitative estimate of drug-likeness (QED) is 0.742. The summed E-state index contributed by atoms with van der Waals surface area (Å²) in [6.45, 7) is 3.19. The summed E-state index contributed by atoms with van der Waals surface area (Å²) in [7, 11) is 0. The molecule has 0 aliphatic carbocycles. The van der Waals surface area contributed by atoms with Gasteiger partial charge in [0.1, 0.15) is 0 Å². The first-order valence-corrected chi connectivity index (χ1v) is 8.18. The molecule has 2 atom stereocenters. The number of pyridine rings is 1. The van der Waals surface area contributed by atoms with E-state index in [1.54, 1.807) is 35.3 Å². The smallest absolute Gasteiger partial charge is 0.348 e. The van der Waals surface area contributed by atoms with Crippen LogP contribution in [0.4, 0.5) is 5.82 Å². The summed E-state index contributed by atoms with van der Waals surface area (Å²) >= 11 is 0. The summed E-state index contributed by atoms with van der Waals surface area (Å²) in [4.78, 5) is 40.7. The van der Waals surface area contributed by atoms with Crippen molar-refractivity contribution >= 4 is 23.7 Å². The van der Waals surface area contributed by atoms with E-state index in [0.29, 0.717) is 5.82 Å². The number of rotatable bonds is 5. The molecule has 1 aliphatic heterocycles. The van der Waals surface area contributed by atoms with Crippen LogP contribution in [0.1, 0.15) is 12.6 Å². The van der Waals surface area contributed by atoms with Gasteiger partial charge >= 0.3 is 11.9 Å². The standard InChI is InChI=1S/C17H18N4O6/c1-10-9-13(19-21(10)12-3-5-18-6-4-12)20-7-8-26-14(16(20)23)15(17(24)25)27-11(2)22/h3-6,9,14-15H,7-8H2,1-2H3,(H,24,25). The van der Waals surface area contributed by atoms with E-state index in [0.717, 1.165) is 18.3 Å². The first kappa shape index (κ1) is 18.5. The van der Waals surface area contributed by atoms with Crippen molar-refractivity contribution < 1.29 is 29.0 Å². The SMILES string of the molecule is CC(=O)OC(C(=O)O)C1OCCN(c2cc(C)n(-c3ccncc3)n2)C1=O. The molecule has 1 fully saturated rings. The number of amides is 1. The number of carbonyl (C=O) groups is 3. The highest BCUT2D eigenvalue weighted by atomic mass is 16.6. The van der Waals surface area contributed by atoms with Crippen molar-refractivity contribution in [3.8, 4) is 5.69 Å². The predicted octanol–water partition coefficient (Wildman–Crippen LogP) is 0.324. The number of aryl methyl sites for hydroxylation is 1. The van der Waals surface area contributed by atoms with Crippen LogP contribution in [0.25, 0.3) is 5.69 Å². The number of ether oxygens (including phenoxy) is 2. The van der Waals surface area contributed by atoms with Crippen molar-refractivity contribution in [3.63, 3.8) is 0 Å². The third-order valence-corrected chi connectivity index (χ3v) is 3.99. The Hall–Kier alpha value is -3.27. The second kappa shape index (κ2) is 7.54. The third-order valence-electron chi connectivity index (χ3n) is 3.99. The van der Waals surface area contributed by atoms with Gasteiger partial charge < -0.3 is 14.6 Å². The van der Waals surface area contributed by atoms with Gasteiger partial charge in [0.15, 0.2) is 11.9 Å². The highest BCUT2D eigenvalue weighted by Gasteiger charge is 2.43. The van der Waals surface area contributed by atoms with Crippen molar-refractivity contribution in [1.29, 1.82) is 0 Å². The molecule has 1 aliphatic rings. The maximum atomic E-state index is 12.8. The van der Waals surface area contributed by atoms with Crippen LogP contribution in [0, 0.1) is 6.92 Å². The number of esters is 1. The molecule has 2 aromatic heterocycles. The number of carboxylic acids is 1. The van der Waals surface area contributed by atoms with Gasteiger partial charge in [-0.2, -0.15) is 0 Å². The van der Waals surface area contributed by atoms with Crippen molar-refractivity contribution in [3.05, 3.63) is 36.3 Å². The van der Waals surface area contributed by atoms with Gasteiger partial charge in [0, 0.05) is 31.1 Å². The first-order valence-electron chi connectivity index (χ1n) is 8.18. The number of carboxylic acid groups (broad SMARTS) is 1. The van der Waals surface area contributed by atoms with Gasteiger partial charge in [-0.1, -0.05) is 0 Å². The number of hydrogen-bond acceptors (Lipinski definition) is 7. The fraction of sp³-hybridized carbons (Fsp3) is 0.353. The monoisotopic (exact) mass is 374 g/mol. The molecule has 10 nitrogen and oxygen atoms in total. The van der Waals surface area contributed by atoms with Crippen LogP contribution in [-0.2, 0) is 23.9 Å². The lowest BCUT2D eigenvalue weighted by molar-refractivity contribution is -0.177. The lowest BCUT2D eigenvalue weighted by atomic mass is 10.1. The predicted molar refractivity (Wildman–Crippen MR) is 91.4 cm³/mol. The van der Waals surface area contributed by atoms with Gasteiger partial charge in [0.25, 0.3) is 5.91 Å². The zero-order valence-corrected chi connectivity index (χ0v) is 14.7. The molecule has 2 aromatic rings. The lowest BCUT2D eigenvalue weighted by Gasteiger charge is -2.33. The molecule has 0 radical (unpaired) electrons. The highest BCUT2D eigenvalue weighted by molar-refractivity contribution is 6.00. The van der Waals surface area contributed by atoms with Crippen LogP contribution in [0.15, 0.2) is 30.6 Å². The number of nitrogens with zero attached hydrogens (tertiary/aromatic N) is 4. The third kappa shape index (κ3) is 3.80. The topological polar surface area (TPSA) is 124 Å². The van der Waals surface area contributed by atoms with Gasteiger partial charge in [-0.25, -0.2) is 9.48 Å². The van der Waals surface area contributed by atoms with E-state index < -0.39 is 30.1 Å². The molecule has 142 valence electrons. The minimum Gasteiger partial charge on any atom is -0.478 e. The van der Waals surface area contributed by atoms with E-state index in [9.17, 15) is 19.5 Å². The summed E-state index contributed by atoms with van der Waals surface area (Å²) in [5, 5.41) is 13.7. The summed E-state index contributed by atoms with van der Waals surface area (Å²) in [6.07, 6.45) is 0.0956. The Bertz CT molecular complexity index is 866. The molecule has 1 amide bonds. The van der Waals surface area contributed by atoms with Gasteiger partial charge in [-0.15, -0.1) is 5.10 Å². The number of hydrogen-bond donors (Lipinski definition) is 1. The Kier molecular flexibility index (Phi) is 5.17. The maximum Gasteiger partial charge on any atom is 0.348 e. The van der Waals surface area contributed by atoms with Crippen molar-refractivity contribution in [2.45, 2.75) is 26.1 Å². The summed E-state index contributed by atoms with van der Waals surface area (Å²) < 4.78 is 11.7. The molecule has 27 heavy (non-hydrogen) atoms. The number of anilines is 1. The first-order chi connectivity index (χ1) is 12.9. The molecule has 0 aromatic carbocycles. The largest absolute Gasteiger partial charge is 0.478 e. The van der Waals surface area contributed by atoms with Gasteiger partial charge in [-0.3, -0.25) is 19.5 Å². The molecule has 1 saturated heterocycles. The summed E-state index contributed by atoms with van der Waals surface area (Å²) in [5.41, 5.74) is 1.55. The van der Waals surface area contributed by atoms with Gasteiger partial charge in [0.05, 0.1) is 18.8 Å². The molecule has 3 heterocycles. The number of aliphatic carboxylic acids is 1. The van der Waals surface area contributed by atoms with E-state index in [4.69, 9.17) is 9.47 Å². The van der Waals surface area contributed by atoms with Crippen LogP contribution in [0.3, 0.4) is 0 Å². The number of morpholine rings is 1. The molecule has 3 rings (SSSR count). The Morgan fingerprint density at radius 2 is 2.07 bits per heavy atom. The maximum absolute atomic E-state index is 12.8. The zero-order chi connectivity index (χ0) is 19.6. The minimum atomic E-state index is -1.72. The average Bonchev–Trinajstić information content (AvgIpc) is 3.02. The molecule has 10 heteroatoms. The van der Waals surface area contributed by atoms with E-state index in [-0.39, 0.29) is 13.2 Å². The van der Waals surface area contributed by atoms with Crippen LogP contribution >= 0.6 is 0 Å². The zero-order valence-electron chi connectivity index (χ0n) is 14.7. The van der Waals surface area contributed by atoms with Gasteiger partial charge in [-0.05, 0) is 19.1 Å². The average molecular weight is 374 g/mol. The number of aromatic nitrogens is 3. The van der Waals surface area contributed by atoms with Crippen molar-refractivity contribution in [1.82, 2.24) is 14.8 Å². The normalized spacial score (nSPS) is 18.2. The van der Waals surface area contributed by atoms with Crippen LogP contribution in [0.2, 0.25) is 0 Å². The molecular weight excluding hydrogens is 356 g/mol. The Morgan fingerprint density at radius 1 is 1.37 bits per heavy atom. The Balaban J connectivity index is 1.88. The van der Waals surface area contributed by atoms with Crippen molar-refractivity contribution in [2.75, 3.05) is 18.1 Å². The van der Waals surface area contributed by atoms with E-state index in [1.807, 2.05) is 6.92 Å². The van der Waals surface area contributed by atoms with Crippen LogP contribution < -0.4 is 4.90 Å². The van der Waals surface area contributed by atoms with Gasteiger partial charge in [0.2, 0.25) is 6.10 Å². The molecule has 1 N–H and O–H groups in total. The Morgan fingerprint density at radius 3 is 2.70 bits per heavy atom. The summed E-state index contributed by atoms with van der Waals surface area (Å²) in [5.74, 6) is -2.54. The molecular formula is C17H18N4O6. The molecule has 0 bridgehead atoms. The second-order valence-corrected chi connectivity index (χ2v) is 5.91. The second-order valence-electron chi connectivity index (χ2n) is 5.91. The molecule has 0 spiro atoms. The number of carbonyl (C=O) groups excluding carboxylic acids is 2. The van der Waals surface area contributed by atoms with E-state index in [2.05, 4.69) is 10.1 Å². The van der Waals surface area contributed by atoms with Crippen LogP contribution in [0.5, 0.6) is 0 Å². The fourth-order valence-corrected chi connectivity index (χ4v) is 2.81. The molecule has 0 saturated carbocycles. The molecule has 2 unspecified atom stereocenters. The Labute approximate surface area is 154 Å². The lowest BCUT2D eigenvalue weighted by Crippen LogP contribution is -2.55. The van der Waals surface area contributed by atoms with E-state index in [1.165, 1.54) is 4.90 Å². The minimum absolute atomic E-state index is 0.0859. The highest BCUT2D eigenvalue weighted by Crippen LogP contribution is 2.23. The van der Waals surface area contributed by atoms with Crippen LogP contribution in [-0.4, -0.2) is 63.1 Å². The van der Waals surface area contributed by atoms with E-state index >= 15 is 0 Å². The van der Waals surface area contributed by atoms with Crippen molar-refractivity contribution in [2.24, 2.45) is 0 Å². The fourth-order valence-electron chi connectivity index (χ4n) is 2.81.